The van der Waals surface area contributed by atoms with E-state index in [9.17, 15) is 0 Å². The summed E-state index contributed by atoms with van der Waals surface area (Å²) in [5.74, 6) is 0. The molecule has 3 nitrogen and oxygen atoms in total. The number of hydrogen-bond donors (Lipinski definition) is 1. The lowest BCUT2D eigenvalue weighted by molar-refractivity contribution is 0.682. The Morgan fingerprint density at radius 1 is 1.44 bits per heavy atom. The second-order valence-corrected chi connectivity index (χ2v) is 4.61. The van der Waals surface area contributed by atoms with Gasteiger partial charge >= 0.3 is 0 Å². The molecule has 0 spiro atoms. The first-order chi connectivity index (χ1) is 7.84. The Morgan fingerprint density at radius 2 is 2.38 bits per heavy atom. The summed E-state index contributed by atoms with van der Waals surface area (Å²) < 4.78 is 0. The minimum Gasteiger partial charge on any atom is -0.310 e. The van der Waals surface area contributed by atoms with Gasteiger partial charge in [0, 0.05) is 30.0 Å². The number of aryl methyl sites for hydroxylation is 1. The Morgan fingerprint density at radius 3 is 3.06 bits per heavy atom. The zero-order chi connectivity index (χ0) is 11.2. The third-order valence-corrected chi connectivity index (χ3v) is 3.22. The molecule has 1 N–H and O–H groups in total. The van der Waals surface area contributed by atoms with Gasteiger partial charge in [0.05, 0.1) is 0 Å². The zero-order valence-corrected chi connectivity index (χ0v) is 10.1. The van der Waals surface area contributed by atoms with Crippen molar-refractivity contribution >= 4 is 11.3 Å². The van der Waals surface area contributed by atoms with E-state index >= 15 is 0 Å². The van der Waals surface area contributed by atoms with Gasteiger partial charge in [-0.25, -0.2) is 4.98 Å². The molecule has 2 aromatic rings. The molecule has 0 radical (unpaired) electrons. The molecular weight excluding hydrogens is 218 g/mol. The van der Waals surface area contributed by atoms with Crippen molar-refractivity contribution < 1.29 is 0 Å². The van der Waals surface area contributed by atoms with Crippen molar-refractivity contribution in [2.75, 3.05) is 6.54 Å². The molecule has 2 aromatic heterocycles. The molecule has 0 aliphatic heterocycles. The summed E-state index contributed by atoms with van der Waals surface area (Å²) in [5.41, 5.74) is 2.37. The van der Waals surface area contributed by atoms with Crippen LogP contribution in [0.3, 0.4) is 0 Å². The van der Waals surface area contributed by atoms with Crippen molar-refractivity contribution in [1.29, 1.82) is 0 Å². The van der Waals surface area contributed by atoms with Crippen molar-refractivity contribution in [2.24, 2.45) is 0 Å². The molecule has 0 saturated heterocycles. The maximum absolute atomic E-state index is 4.40. The fraction of sp³-hybridized carbons (Fsp3) is 0.333. The lowest BCUT2D eigenvalue weighted by Crippen LogP contribution is -2.16. The van der Waals surface area contributed by atoms with Crippen LogP contribution in [-0.2, 0) is 13.0 Å². The Labute approximate surface area is 99.6 Å². The van der Waals surface area contributed by atoms with Crippen LogP contribution in [0.25, 0.3) is 0 Å². The van der Waals surface area contributed by atoms with Crippen molar-refractivity contribution in [3.63, 3.8) is 0 Å². The minimum absolute atomic E-state index is 0.860. The van der Waals surface area contributed by atoms with Crippen LogP contribution in [0.1, 0.15) is 16.3 Å². The number of rotatable bonds is 5. The topological polar surface area (TPSA) is 37.8 Å². The Bertz CT molecular complexity index is 425. The van der Waals surface area contributed by atoms with Gasteiger partial charge in [-0.1, -0.05) is 6.07 Å². The molecule has 0 aromatic carbocycles. The minimum atomic E-state index is 0.860. The molecule has 0 aliphatic rings. The van der Waals surface area contributed by atoms with E-state index < -0.39 is 0 Å². The van der Waals surface area contributed by atoms with Gasteiger partial charge in [-0.2, -0.15) is 0 Å². The Balaban J connectivity index is 1.69. The van der Waals surface area contributed by atoms with E-state index in [0.717, 1.165) is 30.2 Å². The van der Waals surface area contributed by atoms with Crippen molar-refractivity contribution in [3.8, 4) is 0 Å². The summed E-state index contributed by atoms with van der Waals surface area (Å²) in [4.78, 5) is 8.49. The van der Waals surface area contributed by atoms with Gasteiger partial charge in [0.2, 0.25) is 0 Å². The van der Waals surface area contributed by atoms with Gasteiger partial charge in [-0.15, -0.1) is 11.3 Å². The standard InChI is InChI=1S/C12H15N3S/c1-10-9-16-12(15-10)8-14-6-4-11-3-2-5-13-7-11/h2-3,5,7,9,14H,4,6,8H2,1H3. The number of aromatic nitrogens is 2. The van der Waals surface area contributed by atoms with E-state index in [1.165, 1.54) is 5.56 Å². The zero-order valence-electron chi connectivity index (χ0n) is 9.31. The molecule has 16 heavy (non-hydrogen) atoms. The average Bonchev–Trinajstić information content (AvgIpc) is 2.72. The van der Waals surface area contributed by atoms with Crippen LogP contribution in [0.4, 0.5) is 0 Å². The molecule has 4 heteroatoms. The fourth-order valence-electron chi connectivity index (χ4n) is 1.46. The number of hydrogen-bond acceptors (Lipinski definition) is 4. The van der Waals surface area contributed by atoms with E-state index in [1.807, 2.05) is 19.2 Å². The van der Waals surface area contributed by atoms with Gasteiger partial charge in [-0.05, 0) is 31.5 Å². The Kier molecular flexibility index (Phi) is 4.02. The highest BCUT2D eigenvalue weighted by Gasteiger charge is 1.97. The van der Waals surface area contributed by atoms with Crippen LogP contribution in [0, 0.1) is 6.92 Å². The quantitative estimate of drug-likeness (QED) is 0.804. The van der Waals surface area contributed by atoms with Crippen LogP contribution >= 0.6 is 11.3 Å². The summed E-state index contributed by atoms with van der Waals surface area (Å²) in [5, 5.41) is 6.62. The average molecular weight is 233 g/mol. The summed E-state index contributed by atoms with van der Waals surface area (Å²) in [6, 6.07) is 4.07. The van der Waals surface area contributed by atoms with Crippen LogP contribution in [0.2, 0.25) is 0 Å². The third kappa shape index (κ3) is 3.40. The molecule has 0 saturated carbocycles. The van der Waals surface area contributed by atoms with Gasteiger partial charge in [0.25, 0.3) is 0 Å². The van der Waals surface area contributed by atoms with E-state index in [4.69, 9.17) is 0 Å². The van der Waals surface area contributed by atoms with Crippen molar-refractivity contribution in [3.05, 3.63) is 46.2 Å². The summed E-state index contributed by atoms with van der Waals surface area (Å²) in [6.45, 7) is 3.85. The van der Waals surface area contributed by atoms with Gasteiger partial charge in [0.15, 0.2) is 0 Å². The molecule has 0 unspecified atom stereocenters. The van der Waals surface area contributed by atoms with Crippen molar-refractivity contribution in [1.82, 2.24) is 15.3 Å². The van der Waals surface area contributed by atoms with Crippen LogP contribution < -0.4 is 5.32 Å². The summed E-state index contributed by atoms with van der Waals surface area (Å²) in [6.07, 6.45) is 4.72. The first-order valence-electron chi connectivity index (χ1n) is 5.35. The molecule has 0 amide bonds. The molecule has 84 valence electrons. The van der Waals surface area contributed by atoms with E-state index in [2.05, 4.69) is 26.7 Å². The predicted octanol–water partition coefficient (Wildman–Crippen LogP) is 2.18. The van der Waals surface area contributed by atoms with Crippen LogP contribution in [-0.4, -0.2) is 16.5 Å². The Hall–Kier alpha value is -1.26. The van der Waals surface area contributed by atoms with Gasteiger partial charge in [-0.3, -0.25) is 4.98 Å². The molecular formula is C12H15N3S. The fourth-order valence-corrected chi connectivity index (χ4v) is 2.20. The predicted molar refractivity (Wildman–Crippen MR) is 66.5 cm³/mol. The first-order valence-corrected chi connectivity index (χ1v) is 6.23. The molecule has 2 heterocycles. The summed E-state index contributed by atoms with van der Waals surface area (Å²) >= 11 is 1.71. The number of nitrogens with zero attached hydrogens (tertiary/aromatic N) is 2. The van der Waals surface area contributed by atoms with Crippen LogP contribution in [0.5, 0.6) is 0 Å². The number of thiazole rings is 1. The van der Waals surface area contributed by atoms with Gasteiger partial charge in [0.1, 0.15) is 5.01 Å². The molecule has 0 bridgehead atoms. The van der Waals surface area contributed by atoms with E-state index in [0.29, 0.717) is 0 Å². The second-order valence-electron chi connectivity index (χ2n) is 3.67. The lowest BCUT2D eigenvalue weighted by Gasteiger charge is -2.02. The first kappa shape index (κ1) is 11.2. The maximum atomic E-state index is 4.40. The number of nitrogens with one attached hydrogen (secondary N) is 1. The van der Waals surface area contributed by atoms with Gasteiger partial charge < -0.3 is 5.32 Å². The highest BCUT2D eigenvalue weighted by atomic mass is 32.1. The second kappa shape index (κ2) is 5.72. The smallest absolute Gasteiger partial charge is 0.107 e. The third-order valence-electron chi connectivity index (χ3n) is 2.26. The van der Waals surface area contributed by atoms with E-state index in [-0.39, 0.29) is 0 Å². The molecule has 0 atom stereocenters. The SMILES string of the molecule is Cc1csc(CNCCc2cccnc2)n1. The monoisotopic (exact) mass is 233 g/mol. The van der Waals surface area contributed by atoms with Crippen LogP contribution in [0.15, 0.2) is 29.9 Å². The van der Waals surface area contributed by atoms with Crippen molar-refractivity contribution in [2.45, 2.75) is 19.9 Å². The summed E-state index contributed by atoms with van der Waals surface area (Å²) in [7, 11) is 0. The highest BCUT2D eigenvalue weighted by Crippen LogP contribution is 2.07. The molecule has 2 rings (SSSR count). The normalized spacial score (nSPS) is 10.6. The molecule has 0 aliphatic carbocycles. The van der Waals surface area contributed by atoms with E-state index in [1.54, 1.807) is 17.5 Å². The number of pyridine rings is 1. The lowest BCUT2D eigenvalue weighted by atomic mass is 10.2. The maximum Gasteiger partial charge on any atom is 0.107 e. The highest BCUT2D eigenvalue weighted by molar-refractivity contribution is 7.09. The molecule has 0 fully saturated rings. The largest absolute Gasteiger partial charge is 0.310 e.